The van der Waals surface area contributed by atoms with Gasteiger partial charge in [-0.3, -0.25) is 0 Å². The number of pyridine rings is 1. The summed E-state index contributed by atoms with van der Waals surface area (Å²) >= 11 is 0. The first-order valence-corrected chi connectivity index (χ1v) is 10.3. The number of hydrogen-bond acceptors (Lipinski definition) is 4. The number of guanidine groups is 1. The van der Waals surface area contributed by atoms with Crippen molar-refractivity contribution in [3.05, 3.63) is 23.9 Å². The molecule has 2 rings (SSSR count). The van der Waals surface area contributed by atoms with Gasteiger partial charge in [-0.25, -0.2) is 9.98 Å². The quantitative estimate of drug-likeness (QED) is 0.540. The van der Waals surface area contributed by atoms with Crippen molar-refractivity contribution < 1.29 is 4.74 Å². The molecule has 1 aromatic rings. The summed E-state index contributed by atoms with van der Waals surface area (Å²) in [5.74, 6) is 2.63. The van der Waals surface area contributed by atoms with Crippen LogP contribution in [0.25, 0.3) is 0 Å². The molecule has 0 radical (unpaired) electrons. The molecule has 2 unspecified atom stereocenters. The molecule has 6 heteroatoms. The maximum absolute atomic E-state index is 5.63. The minimum atomic E-state index is 0.249. The van der Waals surface area contributed by atoms with Crippen molar-refractivity contribution in [1.82, 2.24) is 15.6 Å². The smallest absolute Gasteiger partial charge is 0.191 e. The van der Waals surface area contributed by atoms with Gasteiger partial charge in [0.05, 0.1) is 19.3 Å². The summed E-state index contributed by atoms with van der Waals surface area (Å²) in [6, 6.07) is 4.60. The van der Waals surface area contributed by atoms with Gasteiger partial charge in [-0.2, -0.15) is 0 Å². The van der Waals surface area contributed by atoms with E-state index in [2.05, 4.69) is 61.2 Å². The minimum Gasteiger partial charge on any atom is -0.375 e. The highest BCUT2D eigenvalue weighted by atomic mass is 16.5. The molecule has 6 nitrogen and oxygen atoms in total. The fourth-order valence-electron chi connectivity index (χ4n) is 3.14. The van der Waals surface area contributed by atoms with Crippen LogP contribution >= 0.6 is 0 Å². The molecule has 2 heterocycles. The van der Waals surface area contributed by atoms with E-state index in [9.17, 15) is 0 Å². The number of morpholine rings is 1. The Bertz CT molecular complexity index is 590. The molecule has 0 amide bonds. The summed E-state index contributed by atoms with van der Waals surface area (Å²) in [5, 5.41) is 6.88. The van der Waals surface area contributed by atoms with Crippen molar-refractivity contribution in [3.63, 3.8) is 0 Å². The van der Waals surface area contributed by atoms with Crippen LogP contribution in [0.15, 0.2) is 23.3 Å². The van der Waals surface area contributed by atoms with Crippen molar-refractivity contribution in [3.8, 4) is 0 Å². The van der Waals surface area contributed by atoms with Crippen molar-refractivity contribution in [2.45, 2.75) is 66.2 Å². The molecule has 152 valence electrons. The number of aromatic nitrogens is 1. The SMILES string of the molecule is CCNC(=NCc1ccnc(N2CCOC(C)C2)c1)NC(C)CCC(C)C. The molecular formula is C21H37N5O. The van der Waals surface area contributed by atoms with Crippen LogP contribution in [-0.2, 0) is 11.3 Å². The first kappa shape index (κ1) is 21.5. The van der Waals surface area contributed by atoms with Crippen LogP contribution in [0.4, 0.5) is 5.82 Å². The van der Waals surface area contributed by atoms with Crippen LogP contribution in [-0.4, -0.2) is 49.3 Å². The summed E-state index contributed by atoms with van der Waals surface area (Å²) in [5.41, 5.74) is 1.17. The van der Waals surface area contributed by atoms with E-state index in [0.717, 1.165) is 50.4 Å². The summed E-state index contributed by atoms with van der Waals surface area (Å²) in [4.78, 5) is 11.6. The fourth-order valence-corrected chi connectivity index (χ4v) is 3.14. The van der Waals surface area contributed by atoms with E-state index < -0.39 is 0 Å². The lowest BCUT2D eigenvalue weighted by Crippen LogP contribution is -2.42. The predicted molar refractivity (Wildman–Crippen MR) is 113 cm³/mol. The maximum atomic E-state index is 5.63. The number of ether oxygens (including phenoxy) is 1. The van der Waals surface area contributed by atoms with Crippen LogP contribution in [0.5, 0.6) is 0 Å². The highest BCUT2D eigenvalue weighted by Crippen LogP contribution is 2.17. The fraction of sp³-hybridized carbons (Fsp3) is 0.714. The second-order valence-corrected chi connectivity index (χ2v) is 7.86. The van der Waals surface area contributed by atoms with Crippen LogP contribution in [0.3, 0.4) is 0 Å². The van der Waals surface area contributed by atoms with Crippen molar-refractivity contribution in [2.75, 3.05) is 31.1 Å². The molecule has 1 fully saturated rings. The van der Waals surface area contributed by atoms with Gasteiger partial charge in [-0.05, 0) is 57.2 Å². The average molecular weight is 376 g/mol. The molecule has 1 aromatic heterocycles. The average Bonchev–Trinajstić information content (AvgIpc) is 2.65. The number of nitrogens with one attached hydrogen (secondary N) is 2. The molecule has 0 bridgehead atoms. The van der Waals surface area contributed by atoms with Crippen LogP contribution in [0.2, 0.25) is 0 Å². The largest absolute Gasteiger partial charge is 0.375 e. The summed E-state index contributed by atoms with van der Waals surface area (Å²) < 4.78 is 5.63. The third-order valence-corrected chi connectivity index (χ3v) is 4.70. The lowest BCUT2D eigenvalue weighted by Gasteiger charge is -2.32. The van der Waals surface area contributed by atoms with Crippen molar-refractivity contribution in [2.24, 2.45) is 10.9 Å². The van der Waals surface area contributed by atoms with Gasteiger partial charge in [0.25, 0.3) is 0 Å². The monoisotopic (exact) mass is 375 g/mol. The Morgan fingerprint density at radius 2 is 2.19 bits per heavy atom. The Morgan fingerprint density at radius 3 is 2.89 bits per heavy atom. The standard InChI is InChI=1S/C21H37N5O/c1-6-22-21(25-17(4)8-7-16(2)3)24-14-19-9-10-23-20(13-19)26-11-12-27-18(5)15-26/h9-10,13,16-18H,6-8,11-12,14-15H2,1-5H3,(H2,22,24,25). The van der Waals surface area contributed by atoms with E-state index in [1.807, 2.05) is 12.3 Å². The van der Waals surface area contributed by atoms with Crippen molar-refractivity contribution in [1.29, 1.82) is 0 Å². The normalized spacial score (nSPS) is 19.3. The topological polar surface area (TPSA) is 61.8 Å². The number of aliphatic imine (C=N–C) groups is 1. The predicted octanol–water partition coefficient (Wildman–Crippen LogP) is 3.19. The zero-order valence-electron chi connectivity index (χ0n) is 17.7. The van der Waals surface area contributed by atoms with Gasteiger partial charge >= 0.3 is 0 Å². The maximum Gasteiger partial charge on any atom is 0.191 e. The molecule has 0 saturated carbocycles. The summed E-state index contributed by atoms with van der Waals surface area (Å²) in [6.07, 6.45) is 4.50. The van der Waals surface area contributed by atoms with Crippen LogP contribution in [0, 0.1) is 5.92 Å². The molecule has 0 aliphatic carbocycles. The van der Waals surface area contributed by atoms with E-state index >= 15 is 0 Å². The molecule has 1 saturated heterocycles. The van der Waals surface area contributed by atoms with Gasteiger partial charge in [-0.1, -0.05) is 13.8 Å². The van der Waals surface area contributed by atoms with Crippen LogP contribution in [0.1, 0.15) is 53.0 Å². The lowest BCUT2D eigenvalue weighted by molar-refractivity contribution is 0.0529. The molecule has 2 atom stereocenters. The molecular weight excluding hydrogens is 338 g/mol. The van der Waals surface area contributed by atoms with Gasteiger partial charge in [0.15, 0.2) is 5.96 Å². The number of rotatable bonds is 8. The molecule has 0 aromatic carbocycles. The van der Waals surface area contributed by atoms with Gasteiger partial charge in [0.1, 0.15) is 5.82 Å². The molecule has 1 aliphatic heterocycles. The minimum absolute atomic E-state index is 0.249. The third-order valence-electron chi connectivity index (χ3n) is 4.70. The first-order valence-electron chi connectivity index (χ1n) is 10.3. The van der Waals surface area contributed by atoms with E-state index in [1.165, 1.54) is 12.0 Å². The van der Waals surface area contributed by atoms with E-state index in [1.54, 1.807) is 0 Å². The van der Waals surface area contributed by atoms with E-state index in [0.29, 0.717) is 12.6 Å². The second-order valence-electron chi connectivity index (χ2n) is 7.86. The second kappa shape index (κ2) is 11.1. The number of hydrogen-bond donors (Lipinski definition) is 2. The van der Waals surface area contributed by atoms with E-state index in [4.69, 9.17) is 9.73 Å². The van der Waals surface area contributed by atoms with Gasteiger partial charge < -0.3 is 20.3 Å². The molecule has 2 N–H and O–H groups in total. The van der Waals surface area contributed by atoms with Gasteiger partial charge in [-0.15, -0.1) is 0 Å². The molecule has 27 heavy (non-hydrogen) atoms. The highest BCUT2D eigenvalue weighted by Gasteiger charge is 2.18. The summed E-state index contributed by atoms with van der Waals surface area (Å²) in [7, 11) is 0. The number of nitrogens with zero attached hydrogens (tertiary/aromatic N) is 3. The zero-order valence-corrected chi connectivity index (χ0v) is 17.7. The highest BCUT2D eigenvalue weighted by molar-refractivity contribution is 5.80. The Kier molecular flexibility index (Phi) is 8.85. The Hall–Kier alpha value is -1.82. The first-order chi connectivity index (χ1) is 13.0. The number of anilines is 1. The van der Waals surface area contributed by atoms with Crippen molar-refractivity contribution >= 4 is 11.8 Å². The Labute approximate surface area is 164 Å². The zero-order chi connectivity index (χ0) is 19.6. The van der Waals surface area contributed by atoms with E-state index in [-0.39, 0.29) is 6.10 Å². The Balaban J connectivity index is 1.97. The van der Waals surface area contributed by atoms with Gasteiger partial charge in [0.2, 0.25) is 0 Å². The van der Waals surface area contributed by atoms with Crippen LogP contribution < -0.4 is 15.5 Å². The molecule has 0 spiro atoms. The third kappa shape index (κ3) is 7.75. The molecule has 1 aliphatic rings. The summed E-state index contributed by atoms with van der Waals surface area (Å²) in [6.45, 7) is 15.0. The lowest BCUT2D eigenvalue weighted by atomic mass is 10.0. The van der Waals surface area contributed by atoms with Gasteiger partial charge in [0, 0.05) is 31.9 Å². The Morgan fingerprint density at radius 1 is 1.37 bits per heavy atom.